The highest BCUT2D eigenvalue weighted by atomic mass is 16.6. The number of rotatable bonds is 2. The van der Waals surface area contributed by atoms with Crippen molar-refractivity contribution in [2.75, 3.05) is 14.2 Å². The number of fused-ring (bicyclic) bond motifs is 1. The minimum absolute atomic E-state index is 0.546. The van der Waals surface area contributed by atoms with Gasteiger partial charge in [-0.25, -0.2) is 0 Å². The van der Waals surface area contributed by atoms with E-state index in [0.29, 0.717) is 5.95 Å². The lowest BCUT2D eigenvalue weighted by Crippen LogP contribution is -1.81. The molecule has 1 aromatic heterocycles. The number of hydrogen-bond acceptors (Lipinski definition) is 3. The molecule has 0 spiro atoms. The summed E-state index contributed by atoms with van der Waals surface area (Å²) in [4.78, 5) is 0. The zero-order valence-electron chi connectivity index (χ0n) is 8.46. The second kappa shape index (κ2) is 3.25. The second-order valence-corrected chi connectivity index (χ2v) is 3.06. The lowest BCUT2D eigenvalue weighted by molar-refractivity contribution is 0.309. The Kier molecular flexibility index (Phi) is 2.08. The van der Waals surface area contributed by atoms with Gasteiger partial charge in [-0.05, 0) is 13.0 Å². The molecule has 0 saturated carbocycles. The van der Waals surface area contributed by atoms with Gasteiger partial charge in [-0.1, -0.05) is 12.1 Å². The Morgan fingerprint density at radius 3 is 2.57 bits per heavy atom. The Balaban J connectivity index is 2.77. The van der Waals surface area contributed by atoms with Crippen LogP contribution in [0, 0.1) is 6.92 Å². The number of aryl methyl sites for hydroxylation is 1. The third kappa shape index (κ3) is 1.13. The van der Waals surface area contributed by atoms with Crippen LogP contribution in [-0.2, 0) is 0 Å². The van der Waals surface area contributed by atoms with E-state index in [1.54, 1.807) is 14.2 Å². The molecule has 0 amide bonds. The van der Waals surface area contributed by atoms with Crippen LogP contribution in [0.3, 0.4) is 0 Å². The predicted octanol–water partition coefficient (Wildman–Crippen LogP) is 2.76. The van der Waals surface area contributed by atoms with Crippen molar-refractivity contribution in [2.45, 2.75) is 6.92 Å². The molecule has 0 fully saturated rings. The summed E-state index contributed by atoms with van der Waals surface area (Å²) in [5.74, 6) is 1.28. The summed E-state index contributed by atoms with van der Waals surface area (Å²) in [6.45, 7) is 1.96. The van der Waals surface area contributed by atoms with Gasteiger partial charge in [-0.2, -0.15) is 0 Å². The molecule has 0 atom stereocenters. The molecular weight excluding hydrogens is 180 g/mol. The molecule has 0 aliphatic heterocycles. The van der Waals surface area contributed by atoms with Crippen LogP contribution in [0.15, 0.2) is 22.6 Å². The highest BCUT2D eigenvalue weighted by Crippen LogP contribution is 2.35. The Labute approximate surface area is 82.2 Å². The molecule has 1 heterocycles. The van der Waals surface area contributed by atoms with Crippen LogP contribution in [0.1, 0.15) is 5.56 Å². The van der Waals surface area contributed by atoms with Crippen molar-refractivity contribution in [1.82, 2.24) is 0 Å². The summed E-state index contributed by atoms with van der Waals surface area (Å²) in [5.41, 5.74) is 1.74. The average Bonchev–Trinajstić information content (AvgIpc) is 2.55. The van der Waals surface area contributed by atoms with E-state index in [9.17, 15) is 0 Å². The first-order valence-corrected chi connectivity index (χ1v) is 4.38. The first-order chi connectivity index (χ1) is 6.77. The van der Waals surface area contributed by atoms with E-state index >= 15 is 0 Å². The molecule has 0 aliphatic rings. The van der Waals surface area contributed by atoms with Gasteiger partial charge in [0.25, 0.3) is 5.95 Å². The molecule has 74 valence electrons. The molecule has 1 aromatic carbocycles. The number of ether oxygens (including phenoxy) is 2. The zero-order valence-corrected chi connectivity index (χ0v) is 8.46. The number of furan rings is 1. The molecule has 3 heteroatoms. The van der Waals surface area contributed by atoms with Crippen LogP contribution < -0.4 is 9.47 Å². The average molecular weight is 192 g/mol. The summed E-state index contributed by atoms with van der Waals surface area (Å²) >= 11 is 0. The lowest BCUT2D eigenvalue weighted by Gasteiger charge is -1.98. The highest BCUT2D eigenvalue weighted by molar-refractivity contribution is 5.87. The maximum atomic E-state index is 5.52. The molecule has 0 saturated heterocycles. The van der Waals surface area contributed by atoms with E-state index in [4.69, 9.17) is 13.9 Å². The van der Waals surface area contributed by atoms with E-state index in [-0.39, 0.29) is 0 Å². The summed E-state index contributed by atoms with van der Waals surface area (Å²) in [6, 6.07) is 5.78. The fourth-order valence-electron chi connectivity index (χ4n) is 1.55. The Morgan fingerprint density at radius 1 is 1.14 bits per heavy atom. The zero-order chi connectivity index (χ0) is 10.1. The van der Waals surface area contributed by atoms with Gasteiger partial charge in [0.05, 0.1) is 14.2 Å². The van der Waals surface area contributed by atoms with Gasteiger partial charge < -0.3 is 13.9 Å². The van der Waals surface area contributed by atoms with Crippen molar-refractivity contribution >= 4 is 11.0 Å². The van der Waals surface area contributed by atoms with Crippen LogP contribution in [0.4, 0.5) is 0 Å². The normalized spacial score (nSPS) is 10.5. The van der Waals surface area contributed by atoms with Crippen molar-refractivity contribution in [3.8, 4) is 11.7 Å². The standard InChI is InChI=1S/C11H12O3/c1-7-8-5-4-6-9(12-2)10(8)14-11(7)13-3/h4-6H,1-3H3. The molecule has 0 bridgehead atoms. The van der Waals surface area contributed by atoms with Gasteiger partial charge in [0, 0.05) is 10.9 Å². The highest BCUT2D eigenvalue weighted by Gasteiger charge is 2.13. The van der Waals surface area contributed by atoms with E-state index in [0.717, 1.165) is 22.3 Å². The Morgan fingerprint density at radius 2 is 1.93 bits per heavy atom. The molecule has 0 radical (unpaired) electrons. The first kappa shape index (κ1) is 8.94. The van der Waals surface area contributed by atoms with Crippen molar-refractivity contribution in [3.05, 3.63) is 23.8 Å². The minimum Gasteiger partial charge on any atom is -0.493 e. The fraction of sp³-hybridized carbons (Fsp3) is 0.273. The second-order valence-electron chi connectivity index (χ2n) is 3.06. The summed E-state index contributed by atoms with van der Waals surface area (Å²) in [7, 11) is 3.22. The molecule has 0 N–H and O–H groups in total. The van der Waals surface area contributed by atoms with Crippen LogP contribution in [-0.4, -0.2) is 14.2 Å². The lowest BCUT2D eigenvalue weighted by atomic mass is 10.2. The van der Waals surface area contributed by atoms with Crippen LogP contribution in [0.25, 0.3) is 11.0 Å². The summed E-state index contributed by atoms with van der Waals surface area (Å²) in [6.07, 6.45) is 0. The number of methoxy groups -OCH3 is 2. The third-order valence-electron chi connectivity index (χ3n) is 2.29. The molecule has 2 aromatic rings. The Hall–Kier alpha value is -1.64. The monoisotopic (exact) mass is 192 g/mol. The van der Waals surface area contributed by atoms with Crippen LogP contribution in [0.5, 0.6) is 11.7 Å². The van der Waals surface area contributed by atoms with Crippen LogP contribution >= 0.6 is 0 Å². The summed E-state index contributed by atoms with van der Waals surface area (Å²) < 4.78 is 15.8. The number of para-hydroxylation sites is 1. The topological polar surface area (TPSA) is 31.6 Å². The van der Waals surface area contributed by atoms with Gasteiger partial charge in [0.1, 0.15) is 0 Å². The van der Waals surface area contributed by atoms with Gasteiger partial charge in [0.2, 0.25) is 0 Å². The van der Waals surface area contributed by atoms with Gasteiger partial charge in [-0.3, -0.25) is 0 Å². The van der Waals surface area contributed by atoms with Gasteiger partial charge in [-0.15, -0.1) is 0 Å². The molecule has 2 rings (SSSR count). The predicted molar refractivity (Wildman–Crippen MR) is 54.1 cm³/mol. The van der Waals surface area contributed by atoms with Crippen molar-refractivity contribution in [1.29, 1.82) is 0 Å². The Bertz CT molecular complexity index is 457. The quantitative estimate of drug-likeness (QED) is 0.733. The maximum absolute atomic E-state index is 5.52. The fourth-order valence-corrected chi connectivity index (χ4v) is 1.55. The number of benzene rings is 1. The van der Waals surface area contributed by atoms with Gasteiger partial charge in [0.15, 0.2) is 11.3 Å². The smallest absolute Gasteiger partial charge is 0.288 e. The van der Waals surface area contributed by atoms with E-state index < -0.39 is 0 Å². The van der Waals surface area contributed by atoms with Crippen molar-refractivity contribution < 1.29 is 13.9 Å². The first-order valence-electron chi connectivity index (χ1n) is 4.38. The third-order valence-corrected chi connectivity index (χ3v) is 2.29. The van der Waals surface area contributed by atoms with E-state index in [1.165, 1.54) is 0 Å². The SMILES string of the molecule is COc1oc2c(OC)cccc2c1C. The molecule has 0 unspecified atom stereocenters. The molecule has 3 nitrogen and oxygen atoms in total. The minimum atomic E-state index is 0.546. The maximum Gasteiger partial charge on any atom is 0.288 e. The van der Waals surface area contributed by atoms with Crippen LogP contribution in [0.2, 0.25) is 0 Å². The largest absolute Gasteiger partial charge is 0.493 e. The van der Waals surface area contributed by atoms with Crippen molar-refractivity contribution in [2.24, 2.45) is 0 Å². The molecule has 14 heavy (non-hydrogen) atoms. The summed E-state index contributed by atoms with van der Waals surface area (Å²) in [5, 5.41) is 1.03. The van der Waals surface area contributed by atoms with E-state index in [1.807, 2.05) is 25.1 Å². The molecular formula is C11H12O3. The molecule has 0 aliphatic carbocycles. The van der Waals surface area contributed by atoms with Gasteiger partial charge >= 0.3 is 0 Å². The van der Waals surface area contributed by atoms with E-state index in [2.05, 4.69) is 0 Å². The number of hydrogen-bond donors (Lipinski definition) is 0. The van der Waals surface area contributed by atoms with Crippen molar-refractivity contribution in [3.63, 3.8) is 0 Å².